The van der Waals surface area contributed by atoms with Gasteiger partial charge in [-0.3, -0.25) is 4.79 Å². The highest BCUT2D eigenvalue weighted by atomic mass is 32.2. The smallest absolute Gasteiger partial charge is 0.255 e. The summed E-state index contributed by atoms with van der Waals surface area (Å²) in [4.78, 5) is 12.9. The highest BCUT2D eigenvalue weighted by Crippen LogP contribution is 2.24. The van der Waals surface area contributed by atoms with Crippen molar-refractivity contribution in [3.05, 3.63) is 71.1 Å². The third-order valence-corrected chi connectivity index (χ3v) is 7.35. The number of carbonyl (C=O) groups is 1. The van der Waals surface area contributed by atoms with Gasteiger partial charge in [-0.05, 0) is 63.1 Å². The third kappa shape index (κ3) is 4.68. The summed E-state index contributed by atoms with van der Waals surface area (Å²) in [5.41, 5.74) is 2.45. The molecule has 4 rings (SSSR count). The lowest BCUT2D eigenvalue weighted by Crippen LogP contribution is -2.27. The van der Waals surface area contributed by atoms with Crippen molar-refractivity contribution in [1.29, 1.82) is 0 Å². The Morgan fingerprint density at radius 3 is 2.59 bits per heavy atom. The molecule has 1 aliphatic rings. The normalized spacial score (nSPS) is 14.4. The van der Waals surface area contributed by atoms with Crippen LogP contribution in [0.5, 0.6) is 5.75 Å². The monoisotopic (exact) mass is 455 g/mol. The number of anilines is 1. The van der Waals surface area contributed by atoms with Crippen molar-refractivity contribution in [2.24, 2.45) is 0 Å². The number of benzene rings is 2. The summed E-state index contributed by atoms with van der Waals surface area (Å²) < 4.78 is 38.0. The maximum absolute atomic E-state index is 12.8. The molecule has 1 aliphatic heterocycles. The number of sulfonamides is 1. The van der Waals surface area contributed by atoms with Gasteiger partial charge in [0.15, 0.2) is 0 Å². The van der Waals surface area contributed by atoms with E-state index in [1.165, 1.54) is 10.4 Å². The number of hydrogen-bond acceptors (Lipinski definition) is 6. The highest BCUT2D eigenvalue weighted by Gasteiger charge is 2.27. The Kier molecular flexibility index (Phi) is 6.29. The second kappa shape index (κ2) is 9.13. The summed E-state index contributed by atoms with van der Waals surface area (Å²) in [6.45, 7) is 5.00. The van der Waals surface area contributed by atoms with Crippen LogP contribution >= 0.6 is 0 Å². The summed E-state index contributed by atoms with van der Waals surface area (Å²) in [6.07, 6.45) is 1.73. The van der Waals surface area contributed by atoms with E-state index in [4.69, 9.17) is 9.26 Å². The minimum atomic E-state index is -3.56. The number of nitrogens with one attached hydrogen (secondary N) is 1. The molecular weight excluding hydrogens is 430 g/mol. The minimum Gasteiger partial charge on any atom is -0.489 e. The first-order valence-electron chi connectivity index (χ1n) is 10.4. The molecule has 1 fully saturated rings. The fourth-order valence-electron chi connectivity index (χ4n) is 3.61. The van der Waals surface area contributed by atoms with Crippen LogP contribution < -0.4 is 10.1 Å². The number of aromatic nitrogens is 1. The fraction of sp³-hybridized carbons (Fsp3) is 0.304. The van der Waals surface area contributed by atoms with Gasteiger partial charge in [-0.2, -0.15) is 4.31 Å². The zero-order valence-electron chi connectivity index (χ0n) is 18.0. The lowest BCUT2D eigenvalue weighted by Gasteiger charge is -2.16. The fourth-order valence-corrected chi connectivity index (χ4v) is 5.17. The van der Waals surface area contributed by atoms with Crippen LogP contribution in [0.3, 0.4) is 0 Å². The van der Waals surface area contributed by atoms with E-state index in [-0.39, 0.29) is 17.4 Å². The lowest BCUT2D eigenvalue weighted by molar-refractivity contribution is 0.102. The van der Waals surface area contributed by atoms with Crippen LogP contribution in [0.15, 0.2) is 57.9 Å². The molecule has 0 bridgehead atoms. The molecule has 0 unspecified atom stereocenters. The first-order chi connectivity index (χ1) is 15.3. The molecule has 1 N–H and O–H groups in total. The number of ether oxygens (including phenoxy) is 1. The van der Waals surface area contributed by atoms with Crippen molar-refractivity contribution in [3.63, 3.8) is 0 Å². The summed E-state index contributed by atoms with van der Waals surface area (Å²) in [7, 11) is -3.56. The van der Waals surface area contributed by atoms with Gasteiger partial charge in [-0.15, -0.1) is 0 Å². The van der Waals surface area contributed by atoms with Crippen molar-refractivity contribution in [2.75, 3.05) is 18.4 Å². The Labute approximate surface area is 187 Å². The largest absolute Gasteiger partial charge is 0.489 e. The summed E-state index contributed by atoms with van der Waals surface area (Å²) >= 11 is 0. The molecule has 9 heteroatoms. The van der Waals surface area contributed by atoms with Gasteiger partial charge >= 0.3 is 0 Å². The van der Waals surface area contributed by atoms with E-state index in [9.17, 15) is 13.2 Å². The molecule has 0 atom stereocenters. The number of aryl methyl sites for hydroxylation is 2. The molecule has 0 radical (unpaired) electrons. The lowest BCUT2D eigenvalue weighted by atomic mass is 10.2. The van der Waals surface area contributed by atoms with E-state index in [1.54, 1.807) is 42.5 Å². The van der Waals surface area contributed by atoms with Crippen LogP contribution in [-0.4, -0.2) is 36.9 Å². The molecule has 1 aromatic heterocycles. The first-order valence-corrected chi connectivity index (χ1v) is 11.8. The molecule has 2 aromatic carbocycles. The molecule has 32 heavy (non-hydrogen) atoms. The van der Waals surface area contributed by atoms with Crippen LogP contribution in [0.4, 0.5) is 5.69 Å². The molecule has 1 amide bonds. The zero-order chi connectivity index (χ0) is 22.7. The second-order valence-electron chi connectivity index (χ2n) is 7.71. The van der Waals surface area contributed by atoms with Crippen LogP contribution in [0, 0.1) is 13.8 Å². The Balaban J connectivity index is 1.46. The van der Waals surface area contributed by atoms with Gasteiger partial charge in [-0.1, -0.05) is 17.3 Å². The van der Waals surface area contributed by atoms with E-state index < -0.39 is 10.0 Å². The van der Waals surface area contributed by atoms with Gasteiger partial charge in [-0.25, -0.2) is 8.42 Å². The van der Waals surface area contributed by atoms with Gasteiger partial charge in [0.05, 0.1) is 16.2 Å². The molecule has 2 heterocycles. The van der Waals surface area contributed by atoms with Crippen molar-refractivity contribution in [3.8, 4) is 5.75 Å². The average molecular weight is 456 g/mol. The second-order valence-corrected chi connectivity index (χ2v) is 9.65. The number of nitrogens with zero attached hydrogens (tertiary/aromatic N) is 2. The van der Waals surface area contributed by atoms with E-state index in [2.05, 4.69) is 10.5 Å². The maximum atomic E-state index is 12.8. The quantitative estimate of drug-likeness (QED) is 0.580. The molecule has 1 saturated heterocycles. The van der Waals surface area contributed by atoms with E-state index >= 15 is 0 Å². The van der Waals surface area contributed by atoms with Gasteiger partial charge in [0.25, 0.3) is 5.91 Å². The Bertz CT molecular complexity index is 1210. The van der Waals surface area contributed by atoms with Crippen molar-refractivity contribution in [1.82, 2.24) is 9.46 Å². The molecule has 8 nitrogen and oxygen atoms in total. The standard InChI is InChI=1S/C23H25N3O5S/c1-16-22(17(2)31-25-16)15-30-20-9-5-7-18(13-20)23(27)24-19-8-6-10-21(14-19)32(28,29)26-11-3-4-12-26/h5-10,13-14H,3-4,11-12,15H2,1-2H3,(H,24,27). The Hall–Kier alpha value is -3.17. The molecule has 0 spiro atoms. The van der Waals surface area contributed by atoms with Gasteiger partial charge in [0.2, 0.25) is 10.0 Å². The number of amides is 1. The SMILES string of the molecule is Cc1noc(C)c1COc1cccc(C(=O)Nc2cccc(S(=O)(=O)N3CCCC3)c2)c1. The molecule has 0 saturated carbocycles. The summed E-state index contributed by atoms with van der Waals surface area (Å²) in [5.74, 6) is 0.867. The van der Waals surface area contributed by atoms with Crippen LogP contribution in [0.1, 0.15) is 40.2 Å². The van der Waals surface area contributed by atoms with Crippen LogP contribution in [0.2, 0.25) is 0 Å². The predicted molar refractivity (Wildman–Crippen MR) is 119 cm³/mol. The molecule has 168 valence electrons. The minimum absolute atomic E-state index is 0.175. The predicted octanol–water partition coefficient (Wildman–Crippen LogP) is 3.91. The Morgan fingerprint density at radius 1 is 1.12 bits per heavy atom. The van der Waals surface area contributed by atoms with E-state index in [0.29, 0.717) is 35.9 Å². The molecular formula is C23H25N3O5S. The maximum Gasteiger partial charge on any atom is 0.255 e. The summed E-state index contributed by atoms with van der Waals surface area (Å²) in [5, 5.41) is 6.68. The zero-order valence-corrected chi connectivity index (χ0v) is 18.8. The van der Waals surface area contributed by atoms with Gasteiger partial charge < -0.3 is 14.6 Å². The number of carbonyl (C=O) groups excluding carboxylic acids is 1. The van der Waals surface area contributed by atoms with Crippen molar-refractivity contribution < 1.29 is 22.5 Å². The van der Waals surface area contributed by atoms with Crippen molar-refractivity contribution in [2.45, 2.75) is 38.2 Å². The van der Waals surface area contributed by atoms with E-state index in [0.717, 1.165) is 24.1 Å². The average Bonchev–Trinajstić information content (AvgIpc) is 3.44. The van der Waals surface area contributed by atoms with E-state index in [1.807, 2.05) is 13.8 Å². The highest BCUT2D eigenvalue weighted by molar-refractivity contribution is 7.89. The summed E-state index contributed by atoms with van der Waals surface area (Å²) in [6, 6.07) is 13.1. The molecule has 3 aromatic rings. The van der Waals surface area contributed by atoms with Crippen LogP contribution in [0.25, 0.3) is 0 Å². The van der Waals surface area contributed by atoms with Gasteiger partial charge in [0, 0.05) is 24.3 Å². The molecule has 0 aliphatic carbocycles. The first kappa shape index (κ1) is 22.0. The van der Waals surface area contributed by atoms with Crippen LogP contribution in [-0.2, 0) is 16.6 Å². The van der Waals surface area contributed by atoms with Gasteiger partial charge in [0.1, 0.15) is 18.1 Å². The van der Waals surface area contributed by atoms with Crippen molar-refractivity contribution >= 4 is 21.6 Å². The number of rotatable bonds is 7. The number of hydrogen-bond donors (Lipinski definition) is 1. The third-order valence-electron chi connectivity index (χ3n) is 5.46. The topological polar surface area (TPSA) is 102 Å². The Morgan fingerprint density at radius 2 is 1.88 bits per heavy atom.